The van der Waals surface area contributed by atoms with Crippen LogP contribution in [0.3, 0.4) is 0 Å². The number of carbonyl (C=O) groups excluding carboxylic acids is 2. The summed E-state index contributed by atoms with van der Waals surface area (Å²) in [5.41, 5.74) is -0.687. The quantitative estimate of drug-likeness (QED) is 0.502. The summed E-state index contributed by atoms with van der Waals surface area (Å²) >= 11 is 0. The third-order valence-corrected chi connectivity index (χ3v) is 2.72. The van der Waals surface area contributed by atoms with Crippen molar-refractivity contribution >= 4 is 12.3 Å². The molecule has 3 heteroatoms. The van der Waals surface area contributed by atoms with Crippen molar-refractivity contribution in [1.82, 2.24) is 0 Å². The van der Waals surface area contributed by atoms with E-state index < -0.39 is 5.60 Å². The van der Waals surface area contributed by atoms with Crippen LogP contribution in [0.25, 0.3) is 0 Å². The van der Waals surface area contributed by atoms with Crippen molar-refractivity contribution in [3.8, 4) is 0 Å². The van der Waals surface area contributed by atoms with Gasteiger partial charge in [0.1, 0.15) is 11.9 Å². The van der Waals surface area contributed by atoms with Gasteiger partial charge in [0.05, 0.1) is 5.92 Å². The molecule has 1 saturated carbocycles. The summed E-state index contributed by atoms with van der Waals surface area (Å²) in [5, 5.41) is 0. The van der Waals surface area contributed by atoms with Crippen LogP contribution in [-0.4, -0.2) is 17.9 Å². The lowest BCUT2D eigenvalue weighted by Crippen LogP contribution is -2.26. The van der Waals surface area contributed by atoms with Gasteiger partial charge in [-0.2, -0.15) is 0 Å². The molecule has 1 aliphatic rings. The highest BCUT2D eigenvalue weighted by atomic mass is 16.6. The Kier molecular flexibility index (Phi) is 2.46. The molecule has 2 unspecified atom stereocenters. The normalized spacial score (nSPS) is 29.5. The van der Waals surface area contributed by atoms with Gasteiger partial charge in [-0.15, -0.1) is 0 Å². The Bertz CT molecular complexity index is 260. The summed E-state index contributed by atoms with van der Waals surface area (Å²) in [6.45, 7) is 9.32. The molecule has 2 atom stereocenters. The molecule has 0 aromatic rings. The van der Waals surface area contributed by atoms with Gasteiger partial charge in [-0.1, -0.05) is 13.8 Å². The third kappa shape index (κ3) is 1.97. The van der Waals surface area contributed by atoms with E-state index in [1.807, 2.05) is 34.6 Å². The number of carbonyl (C=O) groups is 2. The van der Waals surface area contributed by atoms with E-state index in [1.165, 1.54) is 0 Å². The summed E-state index contributed by atoms with van der Waals surface area (Å²) in [7, 11) is 0. The van der Waals surface area contributed by atoms with Crippen molar-refractivity contribution in [2.45, 2.75) is 40.2 Å². The largest absolute Gasteiger partial charge is 0.460 e. The Hall–Kier alpha value is -0.860. The first-order chi connectivity index (χ1) is 6.20. The van der Waals surface area contributed by atoms with Crippen molar-refractivity contribution in [1.29, 1.82) is 0 Å². The van der Waals surface area contributed by atoms with Gasteiger partial charge in [0.15, 0.2) is 0 Å². The van der Waals surface area contributed by atoms with E-state index in [1.54, 1.807) is 0 Å². The second-order valence-corrected chi connectivity index (χ2v) is 5.49. The van der Waals surface area contributed by atoms with Crippen molar-refractivity contribution in [3.05, 3.63) is 0 Å². The van der Waals surface area contributed by atoms with E-state index in [4.69, 9.17) is 4.74 Å². The fraction of sp³-hybridized carbons (Fsp3) is 0.818. The number of esters is 1. The highest BCUT2D eigenvalue weighted by Gasteiger charge is 2.63. The molecule has 14 heavy (non-hydrogen) atoms. The highest BCUT2D eigenvalue weighted by molar-refractivity contribution is 5.84. The van der Waals surface area contributed by atoms with Gasteiger partial charge in [0, 0.05) is 5.92 Å². The maximum absolute atomic E-state index is 11.6. The average molecular weight is 198 g/mol. The van der Waals surface area contributed by atoms with Crippen LogP contribution in [0.2, 0.25) is 0 Å². The Balaban J connectivity index is 2.62. The van der Waals surface area contributed by atoms with E-state index in [0.29, 0.717) is 0 Å². The van der Waals surface area contributed by atoms with E-state index >= 15 is 0 Å². The summed E-state index contributed by atoms with van der Waals surface area (Å²) in [6.07, 6.45) is 0.856. The van der Waals surface area contributed by atoms with Crippen LogP contribution in [0, 0.1) is 17.3 Å². The van der Waals surface area contributed by atoms with Gasteiger partial charge in [-0.25, -0.2) is 0 Å². The lowest BCUT2D eigenvalue weighted by atomic mass is 10.1. The number of aldehydes is 1. The second kappa shape index (κ2) is 3.07. The molecule has 0 aliphatic heterocycles. The van der Waals surface area contributed by atoms with Gasteiger partial charge < -0.3 is 9.53 Å². The molecule has 0 heterocycles. The molecule has 0 spiro atoms. The molecule has 1 aliphatic carbocycles. The van der Waals surface area contributed by atoms with Crippen molar-refractivity contribution in [3.63, 3.8) is 0 Å². The molecule has 1 fully saturated rings. The Labute approximate surface area is 84.8 Å². The Morgan fingerprint density at radius 3 is 2.14 bits per heavy atom. The molecule has 0 aromatic heterocycles. The SMILES string of the molecule is CC(C)(C)OC(=O)C1C(C=O)C1(C)C. The first-order valence-electron chi connectivity index (χ1n) is 4.88. The van der Waals surface area contributed by atoms with Crippen LogP contribution >= 0.6 is 0 Å². The summed E-state index contributed by atoms with van der Waals surface area (Å²) in [5.74, 6) is -0.670. The Morgan fingerprint density at radius 2 is 1.86 bits per heavy atom. The van der Waals surface area contributed by atoms with Gasteiger partial charge in [0.25, 0.3) is 0 Å². The molecule has 0 amide bonds. The number of rotatable bonds is 2. The molecule has 80 valence electrons. The smallest absolute Gasteiger partial charge is 0.310 e. The highest BCUT2D eigenvalue weighted by Crippen LogP contribution is 2.57. The molecule has 3 nitrogen and oxygen atoms in total. The molecule has 0 N–H and O–H groups in total. The van der Waals surface area contributed by atoms with Crippen LogP contribution < -0.4 is 0 Å². The maximum Gasteiger partial charge on any atom is 0.310 e. The van der Waals surface area contributed by atoms with Crippen LogP contribution in [0.1, 0.15) is 34.6 Å². The minimum absolute atomic E-state index is 0.169. The monoisotopic (exact) mass is 198 g/mol. The zero-order valence-corrected chi connectivity index (χ0v) is 9.46. The number of hydrogen-bond acceptors (Lipinski definition) is 3. The van der Waals surface area contributed by atoms with Gasteiger partial charge in [0.2, 0.25) is 0 Å². The van der Waals surface area contributed by atoms with E-state index in [2.05, 4.69) is 0 Å². The zero-order valence-electron chi connectivity index (χ0n) is 9.46. The molecule has 0 aromatic carbocycles. The van der Waals surface area contributed by atoms with Crippen molar-refractivity contribution in [2.24, 2.45) is 17.3 Å². The molecule has 0 saturated heterocycles. The minimum Gasteiger partial charge on any atom is -0.460 e. The average Bonchev–Trinajstić information content (AvgIpc) is 2.48. The fourth-order valence-corrected chi connectivity index (χ4v) is 1.75. The lowest BCUT2D eigenvalue weighted by molar-refractivity contribution is -0.157. The molecular weight excluding hydrogens is 180 g/mol. The van der Waals surface area contributed by atoms with Crippen LogP contribution in [0.15, 0.2) is 0 Å². The van der Waals surface area contributed by atoms with Gasteiger partial charge >= 0.3 is 5.97 Å². The minimum atomic E-state index is -0.469. The number of hydrogen-bond donors (Lipinski definition) is 0. The predicted octanol–water partition coefficient (Wildman–Crippen LogP) is 1.80. The summed E-state index contributed by atoms with van der Waals surface area (Å²) < 4.78 is 5.23. The van der Waals surface area contributed by atoms with Crippen LogP contribution in [0.4, 0.5) is 0 Å². The van der Waals surface area contributed by atoms with Crippen molar-refractivity contribution in [2.75, 3.05) is 0 Å². The summed E-state index contributed by atoms with van der Waals surface area (Å²) in [4.78, 5) is 22.3. The van der Waals surface area contributed by atoms with E-state index in [-0.39, 0.29) is 23.2 Å². The third-order valence-electron chi connectivity index (χ3n) is 2.72. The van der Waals surface area contributed by atoms with Crippen LogP contribution in [-0.2, 0) is 14.3 Å². The number of ether oxygens (including phenoxy) is 1. The van der Waals surface area contributed by atoms with Crippen molar-refractivity contribution < 1.29 is 14.3 Å². The molecule has 1 rings (SSSR count). The standard InChI is InChI=1S/C11H18O3/c1-10(2,3)14-9(13)8-7(6-12)11(8,4)5/h6-8H,1-5H3. The first kappa shape index (κ1) is 11.2. The van der Waals surface area contributed by atoms with Gasteiger partial charge in [-0.3, -0.25) is 4.79 Å². The topological polar surface area (TPSA) is 43.4 Å². The Morgan fingerprint density at radius 1 is 1.36 bits per heavy atom. The summed E-state index contributed by atoms with van der Waals surface area (Å²) in [6, 6.07) is 0. The molecule has 0 bridgehead atoms. The van der Waals surface area contributed by atoms with E-state index in [9.17, 15) is 9.59 Å². The first-order valence-corrected chi connectivity index (χ1v) is 4.88. The second-order valence-electron chi connectivity index (χ2n) is 5.49. The van der Waals surface area contributed by atoms with E-state index in [0.717, 1.165) is 6.29 Å². The predicted molar refractivity (Wildman–Crippen MR) is 52.7 cm³/mol. The zero-order chi connectivity index (χ0) is 11.1. The molecular formula is C11H18O3. The maximum atomic E-state index is 11.6. The molecule has 0 radical (unpaired) electrons. The van der Waals surface area contributed by atoms with Crippen LogP contribution in [0.5, 0.6) is 0 Å². The van der Waals surface area contributed by atoms with Gasteiger partial charge in [-0.05, 0) is 26.2 Å². The fourth-order valence-electron chi connectivity index (χ4n) is 1.75. The lowest BCUT2D eigenvalue weighted by Gasteiger charge is -2.19.